The lowest BCUT2D eigenvalue weighted by Gasteiger charge is -2.13. The molecule has 1 aliphatic heterocycles. The number of aliphatic carboxylic acids is 1. The van der Waals surface area contributed by atoms with E-state index >= 15 is 0 Å². The topological polar surface area (TPSA) is 49.3 Å². The summed E-state index contributed by atoms with van der Waals surface area (Å²) in [4.78, 5) is 10.8. The van der Waals surface area contributed by atoms with E-state index in [-0.39, 0.29) is 11.9 Å². The molecule has 1 fully saturated rings. The third-order valence-electron chi connectivity index (χ3n) is 3.32. The quantitative estimate of drug-likeness (QED) is 0.844. The van der Waals surface area contributed by atoms with Crippen LogP contribution in [-0.2, 0) is 11.2 Å². The Morgan fingerprint density at radius 1 is 1.53 bits per heavy atom. The third kappa shape index (κ3) is 2.82. The van der Waals surface area contributed by atoms with Crippen LogP contribution >= 0.6 is 0 Å². The summed E-state index contributed by atoms with van der Waals surface area (Å²) in [7, 11) is 0. The van der Waals surface area contributed by atoms with Crippen molar-refractivity contribution in [2.45, 2.75) is 38.3 Å². The molecule has 1 aromatic rings. The Morgan fingerprint density at radius 3 is 2.94 bits per heavy atom. The van der Waals surface area contributed by atoms with Gasteiger partial charge in [-0.15, -0.1) is 0 Å². The minimum absolute atomic E-state index is 0.136. The Labute approximate surface area is 99.7 Å². The second-order valence-corrected chi connectivity index (χ2v) is 4.61. The first kappa shape index (κ1) is 12.0. The smallest absolute Gasteiger partial charge is 0.320 e. The van der Waals surface area contributed by atoms with E-state index in [2.05, 4.69) is 5.32 Å². The highest BCUT2D eigenvalue weighted by Gasteiger charge is 2.28. The van der Waals surface area contributed by atoms with Gasteiger partial charge in [0.25, 0.3) is 0 Å². The molecule has 3 nitrogen and oxygen atoms in total. The number of carbonyl (C=O) groups is 1. The lowest BCUT2D eigenvalue weighted by atomic mass is 10.00. The van der Waals surface area contributed by atoms with Gasteiger partial charge in [-0.25, -0.2) is 4.39 Å². The number of rotatable bonds is 3. The van der Waals surface area contributed by atoms with Gasteiger partial charge in [0.05, 0.1) is 0 Å². The molecule has 0 bridgehead atoms. The zero-order chi connectivity index (χ0) is 12.4. The average Bonchev–Trinajstić information content (AvgIpc) is 2.72. The van der Waals surface area contributed by atoms with Gasteiger partial charge in [0, 0.05) is 6.04 Å². The number of hydrogen-bond acceptors (Lipinski definition) is 2. The van der Waals surface area contributed by atoms with Gasteiger partial charge in [0.2, 0.25) is 0 Å². The monoisotopic (exact) mass is 237 g/mol. The molecule has 0 radical (unpaired) electrons. The Morgan fingerprint density at radius 2 is 2.29 bits per heavy atom. The summed E-state index contributed by atoms with van der Waals surface area (Å²) in [6.07, 6.45) is 2.16. The number of benzene rings is 1. The summed E-state index contributed by atoms with van der Waals surface area (Å²) >= 11 is 0. The Bertz CT molecular complexity index is 433. The van der Waals surface area contributed by atoms with Gasteiger partial charge in [-0.05, 0) is 49.4 Å². The number of aryl methyl sites for hydroxylation is 1. The Hall–Kier alpha value is -1.42. The lowest BCUT2D eigenvalue weighted by molar-refractivity contribution is -0.139. The molecule has 2 unspecified atom stereocenters. The molecule has 92 valence electrons. The first-order valence-electron chi connectivity index (χ1n) is 5.80. The van der Waals surface area contributed by atoms with Gasteiger partial charge in [-0.1, -0.05) is 6.07 Å². The van der Waals surface area contributed by atoms with Crippen molar-refractivity contribution >= 4 is 5.97 Å². The minimum Gasteiger partial charge on any atom is -0.480 e. The van der Waals surface area contributed by atoms with E-state index in [0.29, 0.717) is 12.8 Å². The average molecular weight is 237 g/mol. The SMILES string of the molecule is Cc1ccc(F)cc1CC1CCC(C(=O)O)N1. The highest BCUT2D eigenvalue weighted by Crippen LogP contribution is 2.19. The van der Waals surface area contributed by atoms with E-state index < -0.39 is 12.0 Å². The molecule has 17 heavy (non-hydrogen) atoms. The predicted molar refractivity (Wildman–Crippen MR) is 62.4 cm³/mol. The fourth-order valence-electron chi connectivity index (χ4n) is 2.30. The third-order valence-corrected chi connectivity index (χ3v) is 3.32. The zero-order valence-corrected chi connectivity index (χ0v) is 9.74. The molecule has 0 aromatic heterocycles. The number of carboxylic acid groups (broad SMARTS) is 1. The summed E-state index contributed by atoms with van der Waals surface area (Å²) in [6, 6.07) is 4.42. The van der Waals surface area contributed by atoms with Gasteiger partial charge in [0.15, 0.2) is 0 Å². The number of nitrogens with one attached hydrogen (secondary N) is 1. The Balaban J connectivity index is 2.02. The van der Waals surface area contributed by atoms with E-state index in [1.165, 1.54) is 12.1 Å². The van der Waals surface area contributed by atoms with Crippen LogP contribution in [0.2, 0.25) is 0 Å². The van der Waals surface area contributed by atoms with Crippen LogP contribution in [0.5, 0.6) is 0 Å². The van der Waals surface area contributed by atoms with Gasteiger partial charge in [-0.3, -0.25) is 4.79 Å². The molecule has 0 aliphatic carbocycles. The van der Waals surface area contributed by atoms with E-state index in [1.807, 2.05) is 6.92 Å². The van der Waals surface area contributed by atoms with Crippen LogP contribution in [0.3, 0.4) is 0 Å². The first-order valence-corrected chi connectivity index (χ1v) is 5.80. The van der Waals surface area contributed by atoms with Crippen molar-refractivity contribution in [1.82, 2.24) is 5.32 Å². The molecular formula is C13H16FNO2. The minimum atomic E-state index is -0.802. The van der Waals surface area contributed by atoms with E-state index in [4.69, 9.17) is 5.11 Å². The van der Waals surface area contributed by atoms with Crippen molar-refractivity contribution in [3.8, 4) is 0 Å². The van der Waals surface area contributed by atoms with E-state index in [1.54, 1.807) is 6.07 Å². The second-order valence-electron chi connectivity index (χ2n) is 4.61. The molecule has 1 saturated heterocycles. The molecule has 2 atom stereocenters. The molecular weight excluding hydrogens is 221 g/mol. The van der Waals surface area contributed by atoms with Crippen LogP contribution in [-0.4, -0.2) is 23.2 Å². The highest BCUT2D eigenvalue weighted by molar-refractivity contribution is 5.73. The van der Waals surface area contributed by atoms with Gasteiger partial charge < -0.3 is 10.4 Å². The van der Waals surface area contributed by atoms with Crippen molar-refractivity contribution in [2.24, 2.45) is 0 Å². The van der Waals surface area contributed by atoms with Crippen molar-refractivity contribution < 1.29 is 14.3 Å². The van der Waals surface area contributed by atoms with Crippen LogP contribution in [0.4, 0.5) is 4.39 Å². The number of carboxylic acids is 1. The van der Waals surface area contributed by atoms with Crippen molar-refractivity contribution in [2.75, 3.05) is 0 Å². The molecule has 0 spiro atoms. The lowest BCUT2D eigenvalue weighted by Crippen LogP contribution is -2.36. The summed E-state index contributed by atoms with van der Waals surface area (Å²) < 4.78 is 13.1. The highest BCUT2D eigenvalue weighted by atomic mass is 19.1. The zero-order valence-electron chi connectivity index (χ0n) is 9.74. The molecule has 2 rings (SSSR count). The van der Waals surface area contributed by atoms with Crippen molar-refractivity contribution in [3.05, 3.63) is 35.1 Å². The standard InChI is InChI=1S/C13H16FNO2/c1-8-2-3-10(14)6-9(8)7-11-4-5-12(15-11)13(16)17/h2-3,6,11-12,15H,4-5,7H2,1H3,(H,16,17). The summed E-state index contributed by atoms with van der Waals surface area (Å²) in [6.45, 7) is 1.94. The molecule has 4 heteroatoms. The molecule has 1 heterocycles. The Kier molecular flexibility index (Phi) is 3.43. The summed E-state index contributed by atoms with van der Waals surface area (Å²) in [5.74, 6) is -1.04. The van der Waals surface area contributed by atoms with Crippen molar-refractivity contribution in [3.63, 3.8) is 0 Å². The summed E-state index contributed by atoms with van der Waals surface area (Å²) in [5, 5.41) is 11.9. The first-order chi connectivity index (χ1) is 8.06. The molecule has 1 aromatic carbocycles. The predicted octanol–water partition coefficient (Wildman–Crippen LogP) is 1.88. The summed E-state index contributed by atoms with van der Waals surface area (Å²) in [5.41, 5.74) is 2.00. The van der Waals surface area contributed by atoms with Crippen LogP contribution in [0.25, 0.3) is 0 Å². The largest absolute Gasteiger partial charge is 0.480 e. The normalized spacial score (nSPS) is 23.9. The maximum absolute atomic E-state index is 13.1. The van der Waals surface area contributed by atoms with Crippen LogP contribution in [0, 0.1) is 12.7 Å². The van der Waals surface area contributed by atoms with Gasteiger partial charge >= 0.3 is 5.97 Å². The molecule has 0 saturated carbocycles. The fourth-order valence-corrected chi connectivity index (χ4v) is 2.30. The maximum atomic E-state index is 13.1. The van der Waals surface area contributed by atoms with E-state index in [0.717, 1.165) is 17.5 Å². The fraction of sp³-hybridized carbons (Fsp3) is 0.462. The van der Waals surface area contributed by atoms with Gasteiger partial charge in [0.1, 0.15) is 11.9 Å². The molecule has 1 aliphatic rings. The van der Waals surface area contributed by atoms with Gasteiger partial charge in [-0.2, -0.15) is 0 Å². The second kappa shape index (κ2) is 4.84. The molecule has 0 amide bonds. The number of hydrogen-bond donors (Lipinski definition) is 2. The van der Waals surface area contributed by atoms with Crippen LogP contribution in [0.15, 0.2) is 18.2 Å². The molecule has 2 N–H and O–H groups in total. The maximum Gasteiger partial charge on any atom is 0.320 e. The van der Waals surface area contributed by atoms with Crippen LogP contribution < -0.4 is 5.32 Å². The van der Waals surface area contributed by atoms with Crippen molar-refractivity contribution in [1.29, 1.82) is 0 Å². The van der Waals surface area contributed by atoms with Crippen LogP contribution in [0.1, 0.15) is 24.0 Å². The number of halogens is 1. The van der Waals surface area contributed by atoms with E-state index in [9.17, 15) is 9.18 Å².